The molecule has 2 aromatic heterocycles. The highest BCUT2D eigenvalue weighted by molar-refractivity contribution is 5.92. The first-order valence-corrected chi connectivity index (χ1v) is 10.4. The van der Waals surface area contributed by atoms with Gasteiger partial charge in [0.25, 0.3) is 0 Å². The van der Waals surface area contributed by atoms with E-state index < -0.39 is 23.5 Å². The third kappa shape index (κ3) is 3.68. The van der Waals surface area contributed by atoms with Crippen molar-refractivity contribution < 1.29 is 23.0 Å². The molecule has 2 unspecified atom stereocenters. The zero-order chi connectivity index (χ0) is 22.6. The first kappa shape index (κ1) is 20.7. The van der Waals surface area contributed by atoms with Crippen LogP contribution in [-0.4, -0.2) is 45.6 Å². The number of aromatic nitrogens is 3. The average Bonchev–Trinajstić information content (AvgIpc) is 3.38. The minimum atomic E-state index is -4.55. The van der Waals surface area contributed by atoms with Crippen LogP contribution in [0.5, 0.6) is 5.75 Å². The van der Waals surface area contributed by atoms with E-state index in [1.54, 1.807) is 6.92 Å². The maximum Gasteiger partial charge on any atom is 0.416 e. The molecule has 0 aliphatic carbocycles. The maximum atomic E-state index is 13.2. The number of nitrogens with one attached hydrogen (secondary N) is 1. The molecule has 7 nitrogen and oxygen atoms in total. The van der Waals surface area contributed by atoms with Gasteiger partial charge in [-0.15, -0.1) is 5.10 Å². The molecule has 2 bridgehead atoms. The van der Waals surface area contributed by atoms with Gasteiger partial charge in [-0.2, -0.15) is 18.3 Å². The Balaban J connectivity index is 1.49. The fourth-order valence-electron chi connectivity index (χ4n) is 4.47. The predicted octanol–water partition coefficient (Wildman–Crippen LogP) is 4.21. The number of phenolic OH excluding ortho intramolecular Hbond substituents is 1. The van der Waals surface area contributed by atoms with Crippen molar-refractivity contribution in [1.29, 1.82) is 0 Å². The summed E-state index contributed by atoms with van der Waals surface area (Å²) in [6.07, 6.45) is -1.51. The molecule has 2 saturated heterocycles. The van der Waals surface area contributed by atoms with Crippen LogP contribution in [0.1, 0.15) is 36.2 Å². The molecule has 10 heteroatoms. The average molecular weight is 445 g/mol. The Kier molecular flexibility index (Phi) is 4.85. The van der Waals surface area contributed by atoms with Crippen LogP contribution in [0.25, 0.3) is 10.9 Å². The van der Waals surface area contributed by atoms with E-state index in [1.807, 2.05) is 19.2 Å². The highest BCUT2D eigenvalue weighted by Gasteiger charge is 2.39. The van der Waals surface area contributed by atoms with E-state index in [9.17, 15) is 18.3 Å². The van der Waals surface area contributed by atoms with Gasteiger partial charge in [0.2, 0.25) is 0 Å². The highest BCUT2D eigenvalue weighted by atomic mass is 19.4. The third-order valence-electron chi connectivity index (χ3n) is 6.12. The summed E-state index contributed by atoms with van der Waals surface area (Å²) >= 11 is 0. The molecule has 4 heterocycles. The molecular weight excluding hydrogens is 423 g/mol. The number of hydrogen-bond acceptors (Lipinski definition) is 7. The number of benzene rings is 1. The van der Waals surface area contributed by atoms with Crippen LogP contribution in [0.3, 0.4) is 0 Å². The number of phenols is 1. The van der Waals surface area contributed by atoms with Crippen molar-refractivity contribution in [1.82, 2.24) is 15.2 Å². The molecule has 0 spiro atoms. The van der Waals surface area contributed by atoms with E-state index in [-0.39, 0.29) is 11.7 Å². The van der Waals surface area contributed by atoms with Gasteiger partial charge in [-0.1, -0.05) is 0 Å². The molecule has 5 rings (SSSR count). The first-order chi connectivity index (χ1) is 15.2. The van der Waals surface area contributed by atoms with Crippen LogP contribution >= 0.6 is 0 Å². The summed E-state index contributed by atoms with van der Waals surface area (Å²) in [7, 11) is 0. The minimum Gasteiger partial charge on any atom is -0.508 e. The van der Waals surface area contributed by atoms with E-state index >= 15 is 0 Å². The second-order valence-corrected chi connectivity index (χ2v) is 8.40. The van der Waals surface area contributed by atoms with Crippen molar-refractivity contribution in [2.75, 3.05) is 23.4 Å². The zero-order valence-corrected chi connectivity index (χ0v) is 17.5. The topological polar surface area (TPSA) is 83.4 Å². The third-order valence-corrected chi connectivity index (χ3v) is 6.12. The number of aryl methyl sites for hydroxylation is 1. The van der Waals surface area contributed by atoms with Gasteiger partial charge >= 0.3 is 6.18 Å². The first-order valence-electron chi connectivity index (χ1n) is 10.4. The van der Waals surface area contributed by atoms with Crippen LogP contribution in [0.4, 0.5) is 24.7 Å². The SMILES string of the molecule is Cc1nnc(N[C@H](C)c2cc(O)cc(C(F)(F)F)c2)c2cc(N3CC4CC3CO4)cnc12. The quantitative estimate of drug-likeness (QED) is 0.623. The predicted molar refractivity (Wildman–Crippen MR) is 113 cm³/mol. The molecule has 1 aromatic carbocycles. The zero-order valence-electron chi connectivity index (χ0n) is 17.5. The lowest BCUT2D eigenvalue weighted by atomic mass is 10.0. The van der Waals surface area contributed by atoms with E-state index in [2.05, 4.69) is 25.4 Å². The Morgan fingerprint density at radius 2 is 2.03 bits per heavy atom. The summed E-state index contributed by atoms with van der Waals surface area (Å²) in [6, 6.07) is 4.78. The molecule has 2 N–H and O–H groups in total. The highest BCUT2D eigenvalue weighted by Crippen LogP contribution is 2.37. The summed E-state index contributed by atoms with van der Waals surface area (Å²) in [4.78, 5) is 6.87. The number of ether oxygens (including phenoxy) is 1. The number of aromatic hydroxyl groups is 1. The molecule has 0 saturated carbocycles. The molecular formula is C22H22F3N5O2. The fraction of sp³-hybridized carbons (Fsp3) is 0.409. The summed E-state index contributed by atoms with van der Waals surface area (Å²) in [5.41, 5.74) is 1.66. The van der Waals surface area contributed by atoms with Gasteiger partial charge in [-0.25, -0.2) is 0 Å². The van der Waals surface area contributed by atoms with Crippen LogP contribution in [0.15, 0.2) is 30.5 Å². The van der Waals surface area contributed by atoms with Crippen LogP contribution in [0, 0.1) is 6.92 Å². The Morgan fingerprint density at radius 3 is 2.72 bits per heavy atom. The van der Waals surface area contributed by atoms with Crippen molar-refractivity contribution in [3.63, 3.8) is 0 Å². The van der Waals surface area contributed by atoms with Crippen LogP contribution in [-0.2, 0) is 10.9 Å². The number of hydrogen-bond donors (Lipinski definition) is 2. The number of morpholine rings is 1. The van der Waals surface area contributed by atoms with Gasteiger partial charge in [-0.3, -0.25) is 4.98 Å². The smallest absolute Gasteiger partial charge is 0.416 e. The summed E-state index contributed by atoms with van der Waals surface area (Å²) in [5, 5.41) is 22.1. The largest absolute Gasteiger partial charge is 0.508 e. The van der Waals surface area contributed by atoms with Gasteiger partial charge in [-0.05, 0) is 50.1 Å². The Hall–Kier alpha value is -3.14. The molecule has 0 radical (unpaired) electrons. The molecule has 3 atom stereocenters. The number of fused-ring (bicyclic) bond motifs is 3. The molecule has 2 aliphatic rings. The number of anilines is 2. The van der Waals surface area contributed by atoms with Crippen LogP contribution in [0.2, 0.25) is 0 Å². The Morgan fingerprint density at radius 1 is 1.22 bits per heavy atom. The van der Waals surface area contributed by atoms with Gasteiger partial charge < -0.3 is 20.1 Å². The van der Waals surface area contributed by atoms with Crippen molar-refractivity contribution in [2.24, 2.45) is 0 Å². The number of nitrogens with zero attached hydrogens (tertiary/aromatic N) is 4. The van der Waals surface area contributed by atoms with E-state index in [1.165, 1.54) is 6.07 Å². The van der Waals surface area contributed by atoms with Crippen molar-refractivity contribution in [3.8, 4) is 5.75 Å². The molecule has 32 heavy (non-hydrogen) atoms. The number of alkyl halides is 3. The van der Waals surface area contributed by atoms with Crippen molar-refractivity contribution in [2.45, 2.75) is 44.6 Å². The molecule has 0 amide bonds. The maximum absolute atomic E-state index is 13.2. The lowest BCUT2D eigenvalue weighted by Gasteiger charge is -2.29. The summed E-state index contributed by atoms with van der Waals surface area (Å²) < 4.78 is 45.2. The monoisotopic (exact) mass is 445 g/mol. The summed E-state index contributed by atoms with van der Waals surface area (Å²) in [5.74, 6) is -0.0245. The lowest BCUT2D eigenvalue weighted by Crippen LogP contribution is -2.36. The van der Waals surface area contributed by atoms with E-state index in [4.69, 9.17) is 4.74 Å². The molecule has 2 aliphatic heterocycles. The van der Waals surface area contributed by atoms with Gasteiger partial charge in [0, 0.05) is 11.9 Å². The number of rotatable bonds is 4. The number of halogens is 3. The Bertz CT molecular complexity index is 1190. The van der Waals surface area contributed by atoms with E-state index in [0.29, 0.717) is 35.7 Å². The molecule has 3 aromatic rings. The summed E-state index contributed by atoms with van der Waals surface area (Å²) in [6.45, 7) is 5.01. The second-order valence-electron chi connectivity index (χ2n) is 8.40. The lowest BCUT2D eigenvalue weighted by molar-refractivity contribution is -0.137. The van der Waals surface area contributed by atoms with Gasteiger partial charge in [0.1, 0.15) is 5.75 Å². The molecule has 168 valence electrons. The normalized spacial score (nSPS) is 21.3. The second kappa shape index (κ2) is 7.47. The van der Waals surface area contributed by atoms with Gasteiger partial charge in [0.15, 0.2) is 5.82 Å². The van der Waals surface area contributed by atoms with Crippen molar-refractivity contribution in [3.05, 3.63) is 47.3 Å². The van der Waals surface area contributed by atoms with Gasteiger partial charge in [0.05, 0.1) is 53.5 Å². The fourth-order valence-corrected chi connectivity index (χ4v) is 4.47. The Labute approximate surface area is 182 Å². The molecule has 2 fully saturated rings. The van der Waals surface area contributed by atoms with E-state index in [0.717, 1.165) is 30.1 Å². The van der Waals surface area contributed by atoms with Crippen LogP contribution < -0.4 is 10.2 Å². The minimum absolute atomic E-state index is 0.235. The standard InChI is InChI=1S/C22H22F3N5O2/c1-11(13-3-14(22(23,24)25)5-17(31)4-13)27-21-19-7-15(8-26-20(19)12(2)28-29-21)30-9-18-6-16(30)10-32-18/h3-5,7-8,11,16,18,31H,6,9-10H2,1-2H3,(H,27,29)/t11-,16?,18?/m1/s1. The number of pyridine rings is 1. The van der Waals surface area contributed by atoms with Crippen molar-refractivity contribution >= 4 is 22.4 Å².